The average Bonchev–Trinajstić information content (AvgIpc) is 2.08. The number of halogens is 6. The van der Waals surface area contributed by atoms with E-state index in [1.807, 2.05) is 0 Å². The Morgan fingerprint density at radius 2 is 1.47 bits per heavy atom. The molecule has 0 aromatic heterocycles. The number of phenolic OH excluding ortho intramolecular Hbond substituents is 1. The van der Waals surface area contributed by atoms with Crippen molar-refractivity contribution in [3.8, 4) is 5.75 Å². The molecule has 0 aliphatic carbocycles. The minimum Gasteiger partial charge on any atom is -0.506 e. The highest BCUT2D eigenvalue weighted by atomic mass is 19.4. The summed E-state index contributed by atoms with van der Waals surface area (Å²) in [7, 11) is 0. The number of para-hydroxylation sites is 1. The van der Waals surface area contributed by atoms with Gasteiger partial charge < -0.3 is 10.8 Å². The third-order valence-electron chi connectivity index (χ3n) is 2.08. The van der Waals surface area contributed by atoms with Crippen LogP contribution in [0.4, 0.5) is 32.0 Å². The monoisotopic (exact) mass is 259 g/mol. The van der Waals surface area contributed by atoms with Crippen LogP contribution in [0.3, 0.4) is 0 Å². The number of benzene rings is 1. The lowest BCUT2D eigenvalue weighted by atomic mass is 9.96. The van der Waals surface area contributed by atoms with Crippen LogP contribution < -0.4 is 5.73 Å². The van der Waals surface area contributed by atoms with Crippen LogP contribution in [0.15, 0.2) is 18.2 Å². The van der Waals surface area contributed by atoms with E-state index in [1.54, 1.807) is 0 Å². The Hall–Kier alpha value is -1.60. The van der Waals surface area contributed by atoms with Gasteiger partial charge in [-0.2, -0.15) is 26.3 Å². The maximum atomic E-state index is 12.4. The predicted octanol–water partition coefficient (Wildman–Crippen LogP) is 3.18. The molecule has 0 atom stereocenters. The number of hydrogen-bond acceptors (Lipinski definition) is 2. The first-order chi connectivity index (χ1) is 7.55. The molecular weight excluding hydrogens is 252 g/mol. The van der Waals surface area contributed by atoms with Crippen molar-refractivity contribution in [2.75, 3.05) is 5.73 Å². The molecule has 1 rings (SSSR count). The fourth-order valence-electron chi connectivity index (χ4n) is 1.36. The molecule has 0 aliphatic rings. The van der Waals surface area contributed by atoms with Gasteiger partial charge in [0.1, 0.15) is 5.75 Å². The molecule has 96 valence electrons. The smallest absolute Gasteiger partial charge is 0.404 e. The molecule has 1 aromatic carbocycles. The Bertz CT molecular complexity index is 397. The summed E-state index contributed by atoms with van der Waals surface area (Å²) in [5.74, 6) is -4.52. The third kappa shape index (κ3) is 2.75. The molecule has 0 saturated carbocycles. The molecule has 0 spiro atoms. The molecule has 0 radical (unpaired) electrons. The van der Waals surface area contributed by atoms with Crippen molar-refractivity contribution < 1.29 is 31.4 Å². The Balaban J connectivity index is 3.39. The zero-order chi connectivity index (χ0) is 13.4. The fraction of sp³-hybridized carbons (Fsp3) is 0.333. The Morgan fingerprint density at radius 1 is 1.00 bits per heavy atom. The van der Waals surface area contributed by atoms with Gasteiger partial charge in [-0.25, -0.2) is 0 Å². The number of aromatic hydroxyl groups is 1. The van der Waals surface area contributed by atoms with Crippen LogP contribution in [-0.2, 0) is 0 Å². The zero-order valence-corrected chi connectivity index (χ0v) is 8.10. The van der Waals surface area contributed by atoms with Gasteiger partial charge in [0, 0.05) is 0 Å². The van der Waals surface area contributed by atoms with Crippen LogP contribution >= 0.6 is 0 Å². The van der Waals surface area contributed by atoms with Crippen LogP contribution in [0.2, 0.25) is 0 Å². The van der Waals surface area contributed by atoms with E-state index in [2.05, 4.69) is 0 Å². The van der Waals surface area contributed by atoms with E-state index in [0.29, 0.717) is 6.07 Å². The lowest BCUT2D eigenvalue weighted by Crippen LogP contribution is -2.34. The van der Waals surface area contributed by atoms with Crippen molar-refractivity contribution in [1.82, 2.24) is 0 Å². The number of rotatable bonds is 1. The molecule has 0 unspecified atom stereocenters. The quantitative estimate of drug-likeness (QED) is 0.462. The highest BCUT2D eigenvalue weighted by Crippen LogP contribution is 2.48. The highest BCUT2D eigenvalue weighted by Gasteiger charge is 2.58. The number of nitrogen functional groups attached to an aromatic ring is 1. The topological polar surface area (TPSA) is 46.2 Å². The Labute approximate surface area is 91.7 Å². The standard InChI is InChI=1S/C9H7F6NO/c10-8(11,12)7(9(13,14)15)4-2-1-3-5(17)6(4)16/h1-3,7,17H,16H2. The summed E-state index contributed by atoms with van der Waals surface area (Å²) in [6.07, 6.45) is -11.1. The molecule has 0 fully saturated rings. The molecular formula is C9H7F6NO. The van der Waals surface area contributed by atoms with E-state index >= 15 is 0 Å². The summed E-state index contributed by atoms with van der Waals surface area (Å²) in [4.78, 5) is 0. The van der Waals surface area contributed by atoms with Crippen LogP contribution in [0.1, 0.15) is 11.5 Å². The normalized spacial score (nSPS) is 13.1. The molecule has 0 aliphatic heterocycles. The van der Waals surface area contributed by atoms with E-state index in [9.17, 15) is 26.3 Å². The van der Waals surface area contributed by atoms with Gasteiger partial charge >= 0.3 is 12.4 Å². The average molecular weight is 259 g/mol. The van der Waals surface area contributed by atoms with E-state index in [4.69, 9.17) is 10.8 Å². The second-order valence-corrected chi connectivity index (χ2v) is 3.30. The SMILES string of the molecule is Nc1c(O)cccc1C(C(F)(F)F)C(F)(F)F. The van der Waals surface area contributed by atoms with Crippen molar-refractivity contribution in [3.63, 3.8) is 0 Å². The van der Waals surface area contributed by atoms with Crippen LogP contribution in [-0.4, -0.2) is 17.5 Å². The summed E-state index contributed by atoms with van der Waals surface area (Å²) in [6.45, 7) is 0. The van der Waals surface area contributed by atoms with Crippen LogP contribution in [0, 0.1) is 0 Å². The summed E-state index contributed by atoms with van der Waals surface area (Å²) < 4.78 is 74.1. The van der Waals surface area contributed by atoms with Gasteiger partial charge in [-0.3, -0.25) is 0 Å². The Kier molecular flexibility index (Phi) is 3.17. The molecule has 17 heavy (non-hydrogen) atoms. The van der Waals surface area contributed by atoms with E-state index in [0.717, 1.165) is 12.1 Å². The minimum absolute atomic E-state index is 0.584. The molecule has 0 bridgehead atoms. The first-order valence-corrected chi connectivity index (χ1v) is 4.26. The van der Waals surface area contributed by atoms with Crippen molar-refractivity contribution in [1.29, 1.82) is 0 Å². The second-order valence-electron chi connectivity index (χ2n) is 3.30. The maximum Gasteiger partial charge on any atom is 0.404 e. The summed E-state index contributed by atoms with van der Waals surface area (Å²) >= 11 is 0. The van der Waals surface area contributed by atoms with E-state index < -0.39 is 35.3 Å². The zero-order valence-electron chi connectivity index (χ0n) is 8.10. The Morgan fingerprint density at radius 3 is 1.88 bits per heavy atom. The molecule has 0 heterocycles. The summed E-state index contributed by atoms with van der Waals surface area (Å²) in [5, 5.41) is 9.02. The van der Waals surface area contributed by atoms with Gasteiger partial charge in [0.05, 0.1) is 5.69 Å². The van der Waals surface area contributed by atoms with Crippen molar-refractivity contribution in [3.05, 3.63) is 23.8 Å². The first-order valence-electron chi connectivity index (χ1n) is 4.26. The van der Waals surface area contributed by atoms with Crippen LogP contribution in [0.25, 0.3) is 0 Å². The number of hydrogen-bond donors (Lipinski definition) is 2. The van der Waals surface area contributed by atoms with Gasteiger partial charge in [0.2, 0.25) is 0 Å². The van der Waals surface area contributed by atoms with Gasteiger partial charge in [0.25, 0.3) is 0 Å². The van der Waals surface area contributed by atoms with Crippen molar-refractivity contribution >= 4 is 5.69 Å². The highest BCUT2D eigenvalue weighted by molar-refractivity contribution is 5.59. The van der Waals surface area contributed by atoms with E-state index in [1.165, 1.54) is 0 Å². The molecule has 8 heteroatoms. The van der Waals surface area contributed by atoms with Crippen molar-refractivity contribution in [2.24, 2.45) is 0 Å². The minimum atomic E-state index is -5.53. The maximum absolute atomic E-state index is 12.4. The largest absolute Gasteiger partial charge is 0.506 e. The van der Waals surface area contributed by atoms with Gasteiger partial charge in [0.15, 0.2) is 5.92 Å². The third-order valence-corrected chi connectivity index (χ3v) is 2.08. The van der Waals surface area contributed by atoms with Gasteiger partial charge in [-0.05, 0) is 11.6 Å². The molecule has 0 saturated heterocycles. The number of phenols is 1. The fourth-order valence-corrected chi connectivity index (χ4v) is 1.36. The first kappa shape index (κ1) is 13.5. The molecule has 3 N–H and O–H groups in total. The van der Waals surface area contributed by atoms with Crippen molar-refractivity contribution in [2.45, 2.75) is 18.3 Å². The summed E-state index contributed by atoms with van der Waals surface area (Å²) in [5.41, 5.74) is 2.90. The van der Waals surface area contributed by atoms with Crippen LogP contribution in [0.5, 0.6) is 5.75 Å². The molecule has 0 amide bonds. The number of alkyl halides is 6. The lowest BCUT2D eigenvalue weighted by Gasteiger charge is -2.24. The van der Waals surface area contributed by atoms with Gasteiger partial charge in [-0.1, -0.05) is 12.1 Å². The van der Waals surface area contributed by atoms with Gasteiger partial charge in [-0.15, -0.1) is 0 Å². The second kappa shape index (κ2) is 4.01. The predicted molar refractivity (Wildman–Crippen MR) is 47.4 cm³/mol. The number of anilines is 1. The molecule has 2 nitrogen and oxygen atoms in total. The summed E-state index contributed by atoms with van der Waals surface area (Å²) in [6, 6.07) is 2.36. The van der Waals surface area contributed by atoms with E-state index in [-0.39, 0.29) is 0 Å². The number of nitrogens with two attached hydrogens (primary N) is 1. The lowest BCUT2D eigenvalue weighted by molar-refractivity contribution is -0.253. The molecule has 1 aromatic rings.